The van der Waals surface area contributed by atoms with E-state index in [1.165, 1.54) is 11.1 Å². The second-order valence-corrected chi connectivity index (χ2v) is 8.05. The van der Waals surface area contributed by atoms with Crippen LogP contribution < -0.4 is 16.2 Å². The lowest BCUT2D eigenvalue weighted by Gasteiger charge is -2.13. The highest BCUT2D eigenvalue weighted by Crippen LogP contribution is 2.21. The summed E-state index contributed by atoms with van der Waals surface area (Å²) in [5.74, 6) is 0.179. The molecule has 6 heteroatoms. The van der Waals surface area contributed by atoms with Gasteiger partial charge in [0, 0.05) is 30.5 Å². The fourth-order valence-electron chi connectivity index (χ4n) is 3.59. The van der Waals surface area contributed by atoms with E-state index >= 15 is 0 Å². The lowest BCUT2D eigenvalue weighted by molar-refractivity contribution is 0.0951. The molecule has 1 saturated carbocycles. The zero-order chi connectivity index (χ0) is 21.3. The Morgan fingerprint density at radius 2 is 1.83 bits per heavy atom. The molecule has 154 valence electrons. The number of anilines is 1. The minimum absolute atomic E-state index is 0.103. The Bertz CT molecular complexity index is 1140. The van der Waals surface area contributed by atoms with Gasteiger partial charge in [-0.3, -0.25) is 14.2 Å². The van der Waals surface area contributed by atoms with Crippen LogP contribution in [0.5, 0.6) is 0 Å². The Hall–Kier alpha value is -3.41. The van der Waals surface area contributed by atoms with Crippen LogP contribution in [0.4, 0.5) is 5.82 Å². The highest BCUT2D eigenvalue weighted by molar-refractivity contribution is 5.95. The molecular weight excluding hydrogens is 376 g/mol. The van der Waals surface area contributed by atoms with Crippen molar-refractivity contribution in [3.8, 4) is 5.69 Å². The summed E-state index contributed by atoms with van der Waals surface area (Å²) < 4.78 is 1.54. The molecule has 0 saturated heterocycles. The predicted molar refractivity (Wildman–Crippen MR) is 118 cm³/mol. The molecule has 4 rings (SSSR count). The van der Waals surface area contributed by atoms with Crippen molar-refractivity contribution >= 4 is 11.7 Å². The van der Waals surface area contributed by atoms with E-state index in [1.54, 1.807) is 29.1 Å². The van der Waals surface area contributed by atoms with Gasteiger partial charge in [-0.05, 0) is 56.9 Å². The first-order valence-corrected chi connectivity index (χ1v) is 10.2. The molecule has 1 heterocycles. The van der Waals surface area contributed by atoms with Crippen LogP contribution in [0.15, 0.2) is 53.6 Å². The monoisotopic (exact) mass is 402 g/mol. The van der Waals surface area contributed by atoms with Gasteiger partial charge >= 0.3 is 0 Å². The van der Waals surface area contributed by atoms with Crippen molar-refractivity contribution in [1.82, 2.24) is 14.9 Å². The van der Waals surface area contributed by atoms with Crippen LogP contribution in [-0.2, 0) is 6.54 Å². The van der Waals surface area contributed by atoms with E-state index in [4.69, 9.17) is 0 Å². The Labute approximate surface area is 176 Å². The number of carbonyl (C=O) groups is 1. The van der Waals surface area contributed by atoms with E-state index in [-0.39, 0.29) is 23.3 Å². The third-order valence-electron chi connectivity index (χ3n) is 5.23. The molecule has 1 aromatic heterocycles. The predicted octanol–water partition coefficient (Wildman–Crippen LogP) is 3.66. The molecule has 6 nitrogen and oxygen atoms in total. The maximum atomic E-state index is 13.1. The van der Waals surface area contributed by atoms with E-state index in [0.717, 1.165) is 24.0 Å². The molecule has 2 N–H and O–H groups in total. The van der Waals surface area contributed by atoms with Crippen LogP contribution >= 0.6 is 0 Å². The fourth-order valence-corrected chi connectivity index (χ4v) is 3.59. The van der Waals surface area contributed by atoms with Crippen molar-refractivity contribution in [2.45, 2.75) is 46.2 Å². The first kappa shape index (κ1) is 19.9. The summed E-state index contributed by atoms with van der Waals surface area (Å²) in [5.41, 5.74) is 5.36. The zero-order valence-electron chi connectivity index (χ0n) is 17.5. The van der Waals surface area contributed by atoms with Crippen molar-refractivity contribution in [1.29, 1.82) is 0 Å². The molecule has 3 aromatic rings. The Kier molecular flexibility index (Phi) is 5.40. The molecule has 0 unspecified atom stereocenters. The van der Waals surface area contributed by atoms with Gasteiger partial charge in [0.25, 0.3) is 11.5 Å². The number of hydrogen-bond acceptors (Lipinski definition) is 4. The molecule has 0 aliphatic heterocycles. The van der Waals surface area contributed by atoms with E-state index in [1.807, 2.05) is 13.0 Å². The maximum absolute atomic E-state index is 13.1. The standard InChI is InChI=1S/C24H26N4O2/c1-15-10-16(2)12-18(11-15)14-26-22-24(30)28(9-8-25-22)21-13-19(5-4-17(21)3)23(29)27-20-6-7-20/h4-5,8-13,20H,6-7,14H2,1-3H3,(H,25,26)(H,27,29). The first-order chi connectivity index (χ1) is 14.4. The minimum atomic E-state index is -0.246. The number of hydrogen-bond donors (Lipinski definition) is 2. The molecule has 1 aliphatic rings. The average Bonchev–Trinajstić information content (AvgIpc) is 3.51. The van der Waals surface area contributed by atoms with Crippen molar-refractivity contribution in [2.75, 3.05) is 5.32 Å². The van der Waals surface area contributed by atoms with Gasteiger partial charge in [-0.25, -0.2) is 4.98 Å². The molecule has 1 aliphatic carbocycles. The van der Waals surface area contributed by atoms with Gasteiger partial charge in [0.05, 0.1) is 5.69 Å². The normalized spacial score (nSPS) is 13.2. The summed E-state index contributed by atoms with van der Waals surface area (Å²) >= 11 is 0. The van der Waals surface area contributed by atoms with Crippen LogP contribution in [0, 0.1) is 20.8 Å². The summed E-state index contributed by atoms with van der Waals surface area (Å²) in [6.07, 6.45) is 5.30. The zero-order valence-corrected chi connectivity index (χ0v) is 17.5. The number of rotatable bonds is 6. The topological polar surface area (TPSA) is 76.0 Å². The molecule has 0 radical (unpaired) electrons. The Morgan fingerprint density at radius 3 is 2.53 bits per heavy atom. The number of aryl methyl sites for hydroxylation is 3. The van der Waals surface area contributed by atoms with Gasteiger partial charge in [-0.1, -0.05) is 35.4 Å². The van der Waals surface area contributed by atoms with Crippen LogP contribution in [0.1, 0.15) is 45.5 Å². The number of nitrogens with one attached hydrogen (secondary N) is 2. The number of nitrogens with zero attached hydrogens (tertiary/aromatic N) is 2. The second-order valence-electron chi connectivity index (χ2n) is 8.05. The van der Waals surface area contributed by atoms with Gasteiger partial charge in [-0.15, -0.1) is 0 Å². The number of amides is 1. The van der Waals surface area contributed by atoms with Crippen molar-refractivity contribution in [3.05, 3.63) is 87.0 Å². The molecular formula is C24H26N4O2. The molecule has 0 atom stereocenters. The molecule has 2 aromatic carbocycles. The van der Waals surface area contributed by atoms with Crippen molar-refractivity contribution in [3.63, 3.8) is 0 Å². The lowest BCUT2D eigenvalue weighted by atomic mass is 10.1. The molecule has 0 spiro atoms. The van der Waals surface area contributed by atoms with Crippen LogP contribution in [0.25, 0.3) is 5.69 Å². The lowest BCUT2D eigenvalue weighted by Crippen LogP contribution is -2.26. The summed E-state index contributed by atoms with van der Waals surface area (Å²) in [6.45, 7) is 6.55. The average molecular weight is 402 g/mol. The van der Waals surface area contributed by atoms with Gasteiger partial charge in [-0.2, -0.15) is 0 Å². The van der Waals surface area contributed by atoms with Crippen molar-refractivity contribution < 1.29 is 4.79 Å². The third-order valence-corrected chi connectivity index (χ3v) is 5.23. The summed E-state index contributed by atoms with van der Waals surface area (Å²) in [7, 11) is 0. The SMILES string of the molecule is Cc1cc(C)cc(CNc2nccn(-c3cc(C(=O)NC4CC4)ccc3C)c2=O)c1. The maximum Gasteiger partial charge on any atom is 0.297 e. The minimum Gasteiger partial charge on any atom is -0.361 e. The quantitative estimate of drug-likeness (QED) is 0.660. The van der Waals surface area contributed by atoms with E-state index in [9.17, 15) is 9.59 Å². The number of benzene rings is 2. The fraction of sp³-hybridized carbons (Fsp3) is 0.292. The second kappa shape index (κ2) is 8.14. The molecule has 30 heavy (non-hydrogen) atoms. The third kappa shape index (κ3) is 4.43. The summed E-state index contributed by atoms with van der Waals surface area (Å²) in [5, 5.41) is 6.15. The largest absolute Gasteiger partial charge is 0.361 e. The van der Waals surface area contributed by atoms with Crippen LogP contribution in [0.3, 0.4) is 0 Å². The summed E-state index contributed by atoms with van der Waals surface area (Å²) in [4.78, 5) is 29.8. The van der Waals surface area contributed by atoms with Gasteiger partial charge in [0.1, 0.15) is 0 Å². The Balaban J connectivity index is 1.61. The molecule has 0 bridgehead atoms. The van der Waals surface area contributed by atoms with Crippen molar-refractivity contribution in [2.24, 2.45) is 0 Å². The molecule has 1 fully saturated rings. The number of aromatic nitrogens is 2. The molecule has 1 amide bonds. The van der Waals surface area contributed by atoms with Crippen LogP contribution in [0.2, 0.25) is 0 Å². The van der Waals surface area contributed by atoms with Gasteiger partial charge in [0.15, 0.2) is 5.82 Å². The smallest absolute Gasteiger partial charge is 0.297 e. The van der Waals surface area contributed by atoms with E-state index in [0.29, 0.717) is 17.8 Å². The highest BCUT2D eigenvalue weighted by Gasteiger charge is 2.24. The number of carbonyl (C=O) groups excluding carboxylic acids is 1. The summed E-state index contributed by atoms with van der Waals surface area (Å²) in [6, 6.07) is 12.0. The van der Waals surface area contributed by atoms with Gasteiger partial charge < -0.3 is 10.6 Å². The van der Waals surface area contributed by atoms with E-state index < -0.39 is 0 Å². The van der Waals surface area contributed by atoms with Crippen LogP contribution in [-0.4, -0.2) is 21.5 Å². The highest BCUT2D eigenvalue weighted by atomic mass is 16.2. The van der Waals surface area contributed by atoms with E-state index in [2.05, 4.69) is 47.7 Å². The van der Waals surface area contributed by atoms with Gasteiger partial charge in [0.2, 0.25) is 0 Å². The first-order valence-electron chi connectivity index (χ1n) is 10.2. The Morgan fingerprint density at radius 1 is 1.10 bits per heavy atom.